The average molecular weight is 578 g/mol. The number of carboxylic acids is 1. The number of phenolic OH excluding ortho intramolecular Hbond substituents is 1. The summed E-state index contributed by atoms with van der Waals surface area (Å²) >= 11 is 0. The number of nitrogens with zero attached hydrogens (tertiary/aromatic N) is 1. The van der Waals surface area contributed by atoms with Crippen molar-refractivity contribution in [1.29, 1.82) is 0 Å². The van der Waals surface area contributed by atoms with Crippen LogP contribution in [0.3, 0.4) is 0 Å². The Morgan fingerprint density at radius 2 is 1.74 bits per heavy atom. The van der Waals surface area contributed by atoms with Gasteiger partial charge in [0.1, 0.15) is 22.8 Å². The first-order valence-corrected chi connectivity index (χ1v) is 13.3. The molecule has 42 heavy (non-hydrogen) atoms. The Bertz CT molecular complexity index is 1610. The third kappa shape index (κ3) is 4.39. The van der Waals surface area contributed by atoms with Crippen molar-refractivity contribution in [2.45, 2.75) is 38.0 Å². The molecule has 0 saturated heterocycles. The van der Waals surface area contributed by atoms with Gasteiger partial charge in [-0.3, -0.25) is 14.4 Å². The maximum Gasteiger partial charge on any atom is 0.335 e. The maximum absolute atomic E-state index is 14.0. The lowest BCUT2D eigenvalue weighted by atomic mass is 9.60. The molecular formula is C30H31N3O9. The Morgan fingerprint density at radius 3 is 2.33 bits per heavy atom. The molecule has 0 bridgehead atoms. The van der Waals surface area contributed by atoms with E-state index in [1.807, 2.05) is 0 Å². The highest BCUT2D eigenvalue weighted by atomic mass is 16.4. The topological polar surface area (TPSA) is 211 Å². The minimum absolute atomic E-state index is 0.0552. The normalized spacial score (nSPS) is 23.3. The van der Waals surface area contributed by atoms with Gasteiger partial charge in [0.05, 0.1) is 11.1 Å². The number of nitrogens with one attached hydrogen (secondary N) is 1. The van der Waals surface area contributed by atoms with Crippen molar-refractivity contribution < 1.29 is 44.7 Å². The summed E-state index contributed by atoms with van der Waals surface area (Å²) in [6, 6.07) is 8.06. The number of carboxylic acid groups (broad SMARTS) is 1. The van der Waals surface area contributed by atoms with Gasteiger partial charge in [0.15, 0.2) is 11.4 Å². The van der Waals surface area contributed by atoms with E-state index in [1.54, 1.807) is 37.2 Å². The number of anilines is 1. The number of aliphatic hydroxyl groups is 3. The number of fused-ring (bicyclic) bond motifs is 3. The van der Waals surface area contributed by atoms with Crippen molar-refractivity contribution >= 4 is 29.1 Å². The van der Waals surface area contributed by atoms with Gasteiger partial charge < -0.3 is 41.5 Å². The predicted octanol–water partition coefficient (Wildman–Crippen LogP) is 1.63. The van der Waals surface area contributed by atoms with Gasteiger partial charge in [-0.15, -0.1) is 0 Å². The second kappa shape index (κ2) is 10.3. The van der Waals surface area contributed by atoms with Gasteiger partial charge in [0, 0.05) is 56.3 Å². The van der Waals surface area contributed by atoms with Gasteiger partial charge in [-0.2, -0.15) is 0 Å². The summed E-state index contributed by atoms with van der Waals surface area (Å²) in [7, 11) is 3.57. The molecule has 5 rings (SSSR count). The van der Waals surface area contributed by atoms with Crippen molar-refractivity contribution in [2.75, 3.05) is 19.0 Å². The average Bonchev–Trinajstić information content (AvgIpc) is 2.91. The monoisotopic (exact) mass is 577 g/mol. The van der Waals surface area contributed by atoms with E-state index < -0.39 is 58.0 Å². The van der Waals surface area contributed by atoms with Crippen molar-refractivity contribution in [2.24, 2.45) is 17.6 Å². The van der Waals surface area contributed by atoms with Crippen molar-refractivity contribution in [3.63, 3.8) is 0 Å². The first-order chi connectivity index (χ1) is 19.8. The number of Topliss-reactive ketones (excluding diaryl/α,β-unsaturated/α-hetero) is 2. The summed E-state index contributed by atoms with van der Waals surface area (Å²) in [5.41, 5.74) is 4.10. The van der Waals surface area contributed by atoms with Crippen LogP contribution in [-0.2, 0) is 29.1 Å². The van der Waals surface area contributed by atoms with Crippen LogP contribution in [0.4, 0.5) is 5.69 Å². The molecule has 3 atom stereocenters. The van der Waals surface area contributed by atoms with Crippen molar-refractivity contribution in [1.82, 2.24) is 5.32 Å². The van der Waals surface area contributed by atoms with Gasteiger partial charge in [-0.1, -0.05) is 12.1 Å². The molecule has 2 aromatic carbocycles. The number of aromatic hydroxyl groups is 1. The highest BCUT2D eigenvalue weighted by Crippen LogP contribution is 2.52. The molecule has 0 aliphatic heterocycles. The SMILES string of the molecule is CN(C)c1cc(CNCc2ccc(C(=O)O)cc2)c(O)c2c1CC1CC3CC(O)=C(C(N)=O)C(=O)[C@@]3(O)C(O)=C1C2=O. The summed E-state index contributed by atoms with van der Waals surface area (Å²) in [5, 5.41) is 56.6. The number of primary amides is 1. The summed E-state index contributed by atoms with van der Waals surface area (Å²) in [6.07, 6.45) is -0.0234. The number of phenols is 1. The van der Waals surface area contributed by atoms with Crippen LogP contribution in [0.15, 0.2) is 53.0 Å². The molecule has 0 saturated carbocycles. The van der Waals surface area contributed by atoms with E-state index in [1.165, 1.54) is 12.1 Å². The zero-order valence-electron chi connectivity index (χ0n) is 23.0. The second-order valence-corrected chi connectivity index (χ2v) is 11.2. The molecule has 0 radical (unpaired) electrons. The van der Waals surface area contributed by atoms with Crippen LogP contribution in [0.25, 0.3) is 0 Å². The molecule has 0 heterocycles. The highest BCUT2D eigenvalue weighted by Gasteiger charge is 2.59. The fourth-order valence-electron chi connectivity index (χ4n) is 6.36. The molecule has 0 spiro atoms. The fourth-order valence-corrected chi connectivity index (χ4v) is 6.36. The summed E-state index contributed by atoms with van der Waals surface area (Å²) < 4.78 is 0. The second-order valence-electron chi connectivity index (χ2n) is 11.2. The van der Waals surface area contributed by atoms with Gasteiger partial charge in [0.2, 0.25) is 5.78 Å². The molecular weight excluding hydrogens is 546 g/mol. The Morgan fingerprint density at radius 1 is 1.07 bits per heavy atom. The number of rotatable bonds is 7. The molecule has 8 N–H and O–H groups in total. The van der Waals surface area contributed by atoms with Gasteiger partial charge in [-0.25, -0.2) is 4.79 Å². The summed E-state index contributed by atoms with van der Waals surface area (Å²) in [5.74, 6) is -7.70. The number of allylic oxidation sites excluding steroid dienone is 2. The van der Waals surface area contributed by atoms with Gasteiger partial charge >= 0.3 is 5.97 Å². The number of ketones is 2. The van der Waals surface area contributed by atoms with E-state index in [0.717, 1.165) is 5.56 Å². The molecule has 220 valence electrons. The van der Waals surface area contributed by atoms with Crippen LogP contribution >= 0.6 is 0 Å². The minimum Gasteiger partial charge on any atom is -0.511 e. The Kier molecular flexibility index (Phi) is 7.07. The van der Waals surface area contributed by atoms with E-state index in [9.17, 15) is 39.6 Å². The predicted molar refractivity (Wildman–Crippen MR) is 149 cm³/mol. The number of aromatic carboxylic acids is 1. The van der Waals surface area contributed by atoms with E-state index in [4.69, 9.17) is 10.8 Å². The molecule has 12 heteroatoms. The van der Waals surface area contributed by atoms with E-state index >= 15 is 0 Å². The number of benzene rings is 2. The number of hydrogen-bond acceptors (Lipinski definition) is 10. The van der Waals surface area contributed by atoms with Crippen LogP contribution in [0.2, 0.25) is 0 Å². The fraction of sp³-hybridized carbons (Fsp3) is 0.333. The van der Waals surface area contributed by atoms with Gasteiger partial charge in [-0.05, 0) is 48.1 Å². The lowest BCUT2D eigenvalue weighted by Crippen LogP contribution is -2.57. The number of nitrogens with two attached hydrogens (primary N) is 1. The minimum atomic E-state index is -2.62. The molecule has 3 aliphatic rings. The molecule has 1 amide bonds. The lowest BCUT2D eigenvalue weighted by Gasteiger charge is -2.46. The molecule has 0 aromatic heterocycles. The Hall–Kier alpha value is -4.68. The smallest absolute Gasteiger partial charge is 0.335 e. The first kappa shape index (κ1) is 28.8. The molecule has 0 fully saturated rings. The lowest BCUT2D eigenvalue weighted by molar-refractivity contribution is -0.144. The standard InChI is InChI=1S/C30H31N3O9/c1-33(2)19-9-16(12-32-11-13-3-5-14(6-4-13)29(40)41)24(35)22-18(19)8-15-7-17-10-20(34)23(28(31)39)27(38)30(17,42)26(37)21(15)25(22)36/h3-6,9,15,17,32,34-35,37,42H,7-8,10-12H2,1-2H3,(H2,31,39)(H,40,41)/t15?,17?,30-/m0/s1. The van der Waals surface area contributed by atoms with E-state index in [2.05, 4.69) is 5.32 Å². The molecule has 2 unspecified atom stereocenters. The number of aliphatic hydroxyl groups excluding tert-OH is 2. The number of hydrogen-bond donors (Lipinski definition) is 7. The third-order valence-corrected chi connectivity index (χ3v) is 8.44. The Labute approximate surface area is 240 Å². The Balaban J connectivity index is 1.51. The number of carbonyl (C=O) groups excluding carboxylic acids is 3. The largest absolute Gasteiger partial charge is 0.511 e. The van der Waals surface area contributed by atoms with Crippen LogP contribution in [0.1, 0.15) is 50.2 Å². The highest BCUT2D eigenvalue weighted by molar-refractivity contribution is 6.24. The number of carbonyl (C=O) groups is 4. The van der Waals surface area contributed by atoms with E-state index in [-0.39, 0.29) is 48.3 Å². The maximum atomic E-state index is 14.0. The van der Waals surface area contributed by atoms with Crippen LogP contribution in [0, 0.1) is 11.8 Å². The van der Waals surface area contributed by atoms with E-state index in [0.29, 0.717) is 23.4 Å². The summed E-state index contributed by atoms with van der Waals surface area (Å²) in [4.78, 5) is 51.8. The van der Waals surface area contributed by atoms with Crippen molar-refractivity contribution in [3.05, 3.63) is 80.8 Å². The number of amides is 1. The van der Waals surface area contributed by atoms with Gasteiger partial charge in [0.25, 0.3) is 5.91 Å². The molecule has 3 aliphatic carbocycles. The zero-order chi connectivity index (χ0) is 30.7. The van der Waals surface area contributed by atoms with Crippen molar-refractivity contribution in [3.8, 4) is 5.75 Å². The van der Waals surface area contributed by atoms with Crippen LogP contribution in [-0.4, -0.2) is 68.7 Å². The quantitative estimate of drug-likeness (QED) is 0.235. The zero-order valence-corrected chi connectivity index (χ0v) is 23.0. The summed E-state index contributed by atoms with van der Waals surface area (Å²) in [6.45, 7) is 0.480. The third-order valence-electron chi connectivity index (χ3n) is 8.44. The first-order valence-electron chi connectivity index (χ1n) is 13.3. The molecule has 12 nitrogen and oxygen atoms in total. The van der Waals surface area contributed by atoms with Crippen LogP contribution < -0.4 is 16.0 Å². The van der Waals surface area contributed by atoms with Crippen LogP contribution in [0.5, 0.6) is 5.75 Å². The molecule has 2 aromatic rings.